The van der Waals surface area contributed by atoms with Gasteiger partial charge in [0.1, 0.15) is 14.7 Å². The Hall–Kier alpha value is -2.03. The molecule has 3 rings (SSSR count). The predicted octanol–water partition coefficient (Wildman–Crippen LogP) is 1.06. The molecule has 25 heavy (non-hydrogen) atoms. The fourth-order valence-electron chi connectivity index (χ4n) is 2.60. The number of para-hydroxylation sites is 1. The summed E-state index contributed by atoms with van der Waals surface area (Å²) in [7, 11) is -16.0. The fraction of sp³-hybridized carbons (Fsp3) is 0. The molecule has 0 aliphatic carbocycles. The standard InChI is InChI=1S/C12H9NO9S3/c14-23(15,16)9-5-7-6-3-1-2-4-8(6)13-10(7)12(25(20,21)22)11(9)24(17,18)19/h1-5,13H,(H,14,15,16)(H,17,18,19)(H,20,21,22). The second kappa shape index (κ2) is 5.23. The second-order valence-electron chi connectivity index (χ2n) is 5.05. The number of aromatic amines is 1. The topological polar surface area (TPSA) is 179 Å². The van der Waals surface area contributed by atoms with Crippen LogP contribution in [-0.4, -0.2) is 43.9 Å². The molecule has 0 atom stereocenters. The molecule has 1 aromatic heterocycles. The molecule has 1 heterocycles. The van der Waals surface area contributed by atoms with E-state index < -0.39 is 50.6 Å². The predicted molar refractivity (Wildman–Crippen MR) is 85.2 cm³/mol. The molecule has 0 bridgehead atoms. The number of H-pyrrole nitrogens is 1. The van der Waals surface area contributed by atoms with Gasteiger partial charge in [0.2, 0.25) is 0 Å². The van der Waals surface area contributed by atoms with Crippen LogP contribution < -0.4 is 0 Å². The van der Waals surface area contributed by atoms with Crippen molar-refractivity contribution in [3.63, 3.8) is 0 Å². The van der Waals surface area contributed by atoms with Gasteiger partial charge in [-0.1, -0.05) is 18.2 Å². The fourth-order valence-corrected chi connectivity index (χ4v) is 5.94. The summed E-state index contributed by atoms with van der Waals surface area (Å²) in [6.07, 6.45) is 0. The van der Waals surface area contributed by atoms with Gasteiger partial charge in [0.25, 0.3) is 30.4 Å². The Morgan fingerprint density at radius 1 is 0.720 bits per heavy atom. The minimum Gasteiger partial charge on any atom is -0.353 e. The van der Waals surface area contributed by atoms with Crippen molar-refractivity contribution in [2.75, 3.05) is 0 Å². The second-order valence-corrected chi connectivity index (χ2v) is 9.16. The van der Waals surface area contributed by atoms with Gasteiger partial charge >= 0.3 is 0 Å². The molecule has 0 fully saturated rings. The van der Waals surface area contributed by atoms with E-state index in [1.807, 2.05) is 0 Å². The molecule has 13 heteroatoms. The zero-order valence-corrected chi connectivity index (χ0v) is 14.4. The van der Waals surface area contributed by atoms with Crippen LogP contribution in [0.2, 0.25) is 0 Å². The minimum absolute atomic E-state index is 0.0942. The summed E-state index contributed by atoms with van der Waals surface area (Å²) in [6, 6.07) is 6.78. The summed E-state index contributed by atoms with van der Waals surface area (Å²) < 4.78 is 98.0. The van der Waals surface area contributed by atoms with Gasteiger partial charge in [-0.25, -0.2) is 0 Å². The molecule has 0 saturated carbocycles. The lowest BCUT2D eigenvalue weighted by Gasteiger charge is -2.10. The first-order valence-electron chi connectivity index (χ1n) is 6.31. The smallest absolute Gasteiger partial charge is 0.298 e. The highest BCUT2D eigenvalue weighted by atomic mass is 32.2. The Bertz CT molecular complexity index is 1350. The average Bonchev–Trinajstić information content (AvgIpc) is 2.80. The number of hydrogen-bond acceptors (Lipinski definition) is 6. The summed E-state index contributed by atoms with van der Waals surface area (Å²) in [5, 5.41) is 0.206. The quantitative estimate of drug-likeness (QED) is 0.462. The zero-order valence-electron chi connectivity index (χ0n) is 11.9. The monoisotopic (exact) mass is 407 g/mol. The lowest BCUT2D eigenvalue weighted by atomic mass is 10.1. The normalized spacial score (nSPS) is 13.6. The number of fused-ring (bicyclic) bond motifs is 3. The van der Waals surface area contributed by atoms with E-state index in [1.54, 1.807) is 12.1 Å². The molecule has 134 valence electrons. The molecule has 0 radical (unpaired) electrons. The maximum Gasteiger partial charge on any atom is 0.298 e. The largest absolute Gasteiger partial charge is 0.353 e. The van der Waals surface area contributed by atoms with E-state index in [0.717, 1.165) is 0 Å². The van der Waals surface area contributed by atoms with E-state index in [0.29, 0.717) is 17.0 Å². The van der Waals surface area contributed by atoms with Crippen molar-refractivity contribution < 1.29 is 38.9 Å². The SMILES string of the molecule is O=S(=O)(O)c1cc2c([nH]c3ccccc32)c(S(=O)(=O)O)c1S(=O)(=O)O. The van der Waals surface area contributed by atoms with Crippen molar-refractivity contribution >= 4 is 52.2 Å². The van der Waals surface area contributed by atoms with E-state index in [4.69, 9.17) is 0 Å². The summed E-state index contributed by atoms with van der Waals surface area (Å²) in [4.78, 5) is -1.84. The zero-order chi connectivity index (χ0) is 18.8. The van der Waals surface area contributed by atoms with E-state index >= 15 is 0 Å². The molecule has 3 aromatic rings. The van der Waals surface area contributed by atoms with Crippen LogP contribution in [0.25, 0.3) is 21.8 Å². The van der Waals surface area contributed by atoms with Gasteiger partial charge in [0, 0.05) is 16.3 Å². The Labute approximate surface area is 141 Å². The number of hydrogen-bond donors (Lipinski definition) is 4. The van der Waals surface area contributed by atoms with E-state index in [2.05, 4.69) is 4.98 Å². The van der Waals surface area contributed by atoms with E-state index in [1.165, 1.54) is 12.1 Å². The molecule has 2 aromatic carbocycles. The van der Waals surface area contributed by atoms with Crippen molar-refractivity contribution in [2.24, 2.45) is 0 Å². The molecular weight excluding hydrogens is 398 g/mol. The van der Waals surface area contributed by atoms with Crippen molar-refractivity contribution in [2.45, 2.75) is 14.7 Å². The number of benzene rings is 2. The van der Waals surface area contributed by atoms with Crippen molar-refractivity contribution in [3.8, 4) is 0 Å². The Balaban J connectivity index is 2.80. The van der Waals surface area contributed by atoms with Crippen LogP contribution in [0.15, 0.2) is 45.0 Å². The van der Waals surface area contributed by atoms with Crippen LogP contribution >= 0.6 is 0 Å². The first-order chi connectivity index (χ1) is 11.3. The van der Waals surface area contributed by atoms with Gasteiger partial charge in [0.15, 0.2) is 0 Å². The summed E-state index contributed by atoms with van der Waals surface area (Å²) >= 11 is 0. The highest BCUT2D eigenvalue weighted by Gasteiger charge is 2.35. The van der Waals surface area contributed by atoms with Gasteiger partial charge in [-0.05, 0) is 12.1 Å². The Kier molecular flexibility index (Phi) is 3.72. The van der Waals surface area contributed by atoms with Gasteiger partial charge in [-0.2, -0.15) is 25.3 Å². The summed E-state index contributed by atoms with van der Waals surface area (Å²) in [5.41, 5.74) is -0.139. The highest BCUT2D eigenvalue weighted by Crippen LogP contribution is 2.38. The van der Waals surface area contributed by atoms with Gasteiger partial charge in [0.05, 0.1) is 5.52 Å². The lowest BCUT2D eigenvalue weighted by Crippen LogP contribution is -2.15. The maximum atomic E-state index is 11.8. The van der Waals surface area contributed by atoms with Crippen molar-refractivity contribution in [1.29, 1.82) is 0 Å². The maximum absolute atomic E-state index is 11.8. The van der Waals surface area contributed by atoms with Crippen molar-refractivity contribution in [3.05, 3.63) is 30.3 Å². The molecule has 0 aliphatic heterocycles. The first-order valence-corrected chi connectivity index (χ1v) is 10.6. The Morgan fingerprint density at radius 2 is 1.28 bits per heavy atom. The molecule has 0 aliphatic rings. The van der Waals surface area contributed by atoms with Gasteiger partial charge < -0.3 is 4.98 Å². The highest BCUT2D eigenvalue weighted by molar-refractivity contribution is 7.90. The van der Waals surface area contributed by atoms with E-state index in [-0.39, 0.29) is 5.39 Å². The lowest BCUT2D eigenvalue weighted by molar-refractivity contribution is 0.457. The van der Waals surface area contributed by atoms with Gasteiger partial charge in [-0.3, -0.25) is 13.7 Å². The molecule has 0 amide bonds. The molecule has 0 saturated heterocycles. The van der Waals surface area contributed by atoms with Crippen LogP contribution in [0.4, 0.5) is 0 Å². The molecule has 0 unspecified atom stereocenters. The average molecular weight is 407 g/mol. The van der Waals surface area contributed by atoms with Crippen molar-refractivity contribution in [1.82, 2.24) is 4.98 Å². The number of rotatable bonds is 3. The number of nitrogens with one attached hydrogen (secondary N) is 1. The van der Waals surface area contributed by atoms with Crippen LogP contribution in [0.5, 0.6) is 0 Å². The first kappa shape index (κ1) is 17.8. The third kappa shape index (κ3) is 2.90. The van der Waals surface area contributed by atoms with Crippen LogP contribution in [0.3, 0.4) is 0 Å². The molecule has 10 nitrogen and oxygen atoms in total. The Morgan fingerprint density at radius 3 is 1.80 bits per heavy atom. The number of aromatic nitrogens is 1. The summed E-state index contributed by atoms with van der Waals surface area (Å²) in [6.45, 7) is 0. The van der Waals surface area contributed by atoms with Crippen LogP contribution in [0.1, 0.15) is 0 Å². The molecular formula is C12H9NO9S3. The van der Waals surface area contributed by atoms with Crippen LogP contribution in [0, 0.1) is 0 Å². The third-order valence-corrected chi connectivity index (χ3v) is 6.47. The molecule has 4 N–H and O–H groups in total. The molecule has 0 spiro atoms. The summed E-state index contributed by atoms with van der Waals surface area (Å²) in [5.74, 6) is 0. The minimum atomic E-state index is -5.46. The third-order valence-electron chi connectivity index (χ3n) is 3.47. The van der Waals surface area contributed by atoms with Gasteiger partial charge in [-0.15, -0.1) is 0 Å². The van der Waals surface area contributed by atoms with E-state index in [9.17, 15) is 38.9 Å². The van der Waals surface area contributed by atoms with Crippen LogP contribution in [-0.2, 0) is 30.4 Å².